The average Bonchev–Trinajstić information content (AvgIpc) is 2.37. The molecule has 0 aliphatic carbocycles. The van der Waals surface area contributed by atoms with Crippen molar-refractivity contribution in [2.24, 2.45) is 0 Å². The highest BCUT2D eigenvalue weighted by Gasteiger charge is 2.09. The van der Waals surface area contributed by atoms with Crippen molar-refractivity contribution in [3.63, 3.8) is 0 Å². The van der Waals surface area contributed by atoms with E-state index in [-0.39, 0.29) is 0 Å². The van der Waals surface area contributed by atoms with Gasteiger partial charge in [0.2, 0.25) is 0 Å². The van der Waals surface area contributed by atoms with Gasteiger partial charge in [-0.05, 0) is 58.9 Å². The smallest absolute Gasteiger partial charge is 0.0117 e. The standard InChI is InChI=1S/C17H30N2/c1-6-19(7-2)9-8-17(18-5)13-16-11-14(3)10-15(4)12-16/h10-12,17-18H,6-9,13H2,1-5H3. The van der Waals surface area contributed by atoms with Crippen LogP contribution in [0.15, 0.2) is 18.2 Å². The minimum Gasteiger partial charge on any atom is -0.317 e. The molecule has 0 bridgehead atoms. The van der Waals surface area contributed by atoms with E-state index in [1.165, 1.54) is 29.7 Å². The Hall–Kier alpha value is -0.860. The molecule has 1 unspecified atom stereocenters. The van der Waals surface area contributed by atoms with E-state index in [0.29, 0.717) is 6.04 Å². The molecule has 0 saturated heterocycles. The SMILES string of the molecule is CCN(CC)CCC(Cc1cc(C)cc(C)c1)NC. The molecule has 0 aliphatic rings. The summed E-state index contributed by atoms with van der Waals surface area (Å²) >= 11 is 0. The molecule has 1 N–H and O–H groups in total. The molecule has 2 nitrogen and oxygen atoms in total. The molecule has 1 aromatic rings. The number of hydrogen-bond acceptors (Lipinski definition) is 2. The summed E-state index contributed by atoms with van der Waals surface area (Å²) in [6.45, 7) is 12.3. The van der Waals surface area contributed by atoms with E-state index in [1.807, 2.05) is 0 Å². The van der Waals surface area contributed by atoms with Gasteiger partial charge in [0.25, 0.3) is 0 Å². The predicted octanol–water partition coefficient (Wildman–Crippen LogP) is 3.17. The maximum Gasteiger partial charge on any atom is 0.0117 e. The van der Waals surface area contributed by atoms with Crippen LogP contribution >= 0.6 is 0 Å². The first-order chi connectivity index (χ1) is 9.08. The van der Waals surface area contributed by atoms with Crippen LogP contribution in [-0.4, -0.2) is 37.6 Å². The van der Waals surface area contributed by atoms with Crippen LogP contribution in [0.4, 0.5) is 0 Å². The lowest BCUT2D eigenvalue weighted by molar-refractivity contribution is 0.283. The summed E-state index contributed by atoms with van der Waals surface area (Å²) in [5.74, 6) is 0. The van der Waals surface area contributed by atoms with Gasteiger partial charge in [-0.2, -0.15) is 0 Å². The quantitative estimate of drug-likeness (QED) is 0.774. The number of benzene rings is 1. The number of rotatable bonds is 8. The van der Waals surface area contributed by atoms with Gasteiger partial charge in [0.15, 0.2) is 0 Å². The molecule has 1 rings (SSSR count). The summed E-state index contributed by atoms with van der Waals surface area (Å²) in [4.78, 5) is 2.49. The van der Waals surface area contributed by atoms with Gasteiger partial charge in [-0.1, -0.05) is 43.2 Å². The molecule has 0 spiro atoms. The second-order valence-electron chi connectivity index (χ2n) is 5.50. The lowest BCUT2D eigenvalue weighted by Gasteiger charge is -2.22. The van der Waals surface area contributed by atoms with Gasteiger partial charge in [-0.15, -0.1) is 0 Å². The highest BCUT2D eigenvalue weighted by Crippen LogP contribution is 2.12. The molecule has 0 fully saturated rings. The van der Waals surface area contributed by atoms with Crippen molar-refractivity contribution < 1.29 is 0 Å². The summed E-state index contributed by atoms with van der Waals surface area (Å²) in [6.07, 6.45) is 2.34. The Bertz CT molecular complexity index is 349. The number of nitrogens with zero attached hydrogens (tertiary/aromatic N) is 1. The zero-order chi connectivity index (χ0) is 14.3. The van der Waals surface area contributed by atoms with Crippen molar-refractivity contribution in [1.82, 2.24) is 10.2 Å². The van der Waals surface area contributed by atoms with Crippen LogP contribution in [0.2, 0.25) is 0 Å². The van der Waals surface area contributed by atoms with Gasteiger partial charge >= 0.3 is 0 Å². The molecule has 19 heavy (non-hydrogen) atoms. The predicted molar refractivity (Wildman–Crippen MR) is 84.9 cm³/mol. The Balaban J connectivity index is 2.56. The van der Waals surface area contributed by atoms with Crippen molar-refractivity contribution in [1.29, 1.82) is 0 Å². The third-order valence-electron chi connectivity index (χ3n) is 3.86. The minimum atomic E-state index is 0.571. The van der Waals surface area contributed by atoms with Gasteiger partial charge in [0.05, 0.1) is 0 Å². The van der Waals surface area contributed by atoms with E-state index in [4.69, 9.17) is 0 Å². The molecule has 1 atom stereocenters. The summed E-state index contributed by atoms with van der Waals surface area (Å²) in [5.41, 5.74) is 4.19. The van der Waals surface area contributed by atoms with Crippen molar-refractivity contribution in [2.75, 3.05) is 26.7 Å². The first kappa shape index (κ1) is 16.2. The zero-order valence-electron chi connectivity index (χ0n) is 13.3. The highest BCUT2D eigenvalue weighted by molar-refractivity contribution is 5.29. The molecule has 108 valence electrons. The van der Waals surface area contributed by atoms with Gasteiger partial charge in [-0.3, -0.25) is 0 Å². The molecule has 0 aliphatic heterocycles. The fourth-order valence-electron chi connectivity index (χ4n) is 2.70. The van der Waals surface area contributed by atoms with Crippen LogP contribution in [0, 0.1) is 13.8 Å². The van der Waals surface area contributed by atoms with Crippen molar-refractivity contribution >= 4 is 0 Å². The Morgan fingerprint density at radius 1 is 1.05 bits per heavy atom. The van der Waals surface area contributed by atoms with E-state index in [0.717, 1.165) is 19.5 Å². The van der Waals surface area contributed by atoms with Crippen LogP contribution in [0.1, 0.15) is 37.0 Å². The number of likely N-dealkylation sites (N-methyl/N-ethyl adjacent to an activating group) is 1. The van der Waals surface area contributed by atoms with Crippen LogP contribution in [0.5, 0.6) is 0 Å². The van der Waals surface area contributed by atoms with E-state index >= 15 is 0 Å². The number of aryl methyl sites for hydroxylation is 2. The fraction of sp³-hybridized carbons (Fsp3) is 0.647. The maximum atomic E-state index is 3.47. The van der Waals surface area contributed by atoms with Crippen LogP contribution in [0.25, 0.3) is 0 Å². The van der Waals surface area contributed by atoms with Crippen LogP contribution in [-0.2, 0) is 6.42 Å². The first-order valence-electron chi connectivity index (χ1n) is 7.55. The molecule has 0 amide bonds. The highest BCUT2D eigenvalue weighted by atomic mass is 15.1. The Kier molecular flexibility index (Phi) is 7.11. The molecule has 0 saturated carbocycles. The van der Waals surface area contributed by atoms with Crippen molar-refractivity contribution in [3.05, 3.63) is 34.9 Å². The van der Waals surface area contributed by atoms with Gasteiger partial charge in [-0.25, -0.2) is 0 Å². The third-order valence-corrected chi connectivity index (χ3v) is 3.86. The normalized spacial score (nSPS) is 12.9. The van der Waals surface area contributed by atoms with E-state index in [2.05, 4.69) is 63.2 Å². The third kappa shape index (κ3) is 5.75. The summed E-state index contributed by atoms with van der Waals surface area (Å²) in [5, 5.41) is 3.47. The van der Waals surface area contributed by atoms with Crippen LogP contribution in [0.3, 0.4) is 0 Å². The maximum absolute atomic E-state index is 3.47. The Morgan fingerprint density at radius 2 is 1.63 bits per heavy atom. The zero-order valence-corrected chi connectivity index (χ0v) is 13.3. The molecule has 2 heteroatoms. The summed E-state index contributed by atoms with van der Waals surface area (Å²) < 4.78 is 0. The van der Waals surface area contributed by atoms with Gasteiger partial charge < -0.3 is 10.2 Å². The molecule has 0 heterocycles. The Morgan fingerprint density at radius 3 is 2.11 bits per heavy atom. The van der Waals surface area contributed by atoms with Gasteiger partial charge in [0, 0.05) is 6.04 Å². The summed E-state index contributed by atoms with van der Waals surface area (Å²) in [7, 11) is 2.08. The lowest BCUT2D eigenvalue weighted by Crippen LogP contribution is -2.33. The first-order valence-corrected chi connectivity index (χ1v) is 7.55. The van der Waals surface area contributed by atoms with Gasteiger partial charge in [0.1, 0.15) is 0 Å². The number of nitrogens with one attached hydrogen (secondary N) is 1. The average molecular weight is 262 g/mol. The molecule has 1 aromatic carbocycles. The summed E-state index contributed by atoms with van der Waals surface area (Å²) in [6, 6.07) is 7.44. The topological polar surface area (TPSA) is 15.3 Å². The molecular formula is C17H30N2. The Labute approximate surface area is 119 Å². The second-order valence-corrected chi connectivity index (χ2v) is 5.50. The second kappa shape index (κ2) is 8.34. The van der Waals surface area contributed by atoms with Crippen molar-refractivity contribution in [3.8, 4) is 0 Å². The largest absolute Gasteiger partial charge is 0.317 e. The van der Waals surface area contributed by atoms with E-state index in [9.17, 15) is 0 Å². The monoisotopic (exact) mass is 262 g/mol. The lowest BCUT2D eigenvalue weighted by atomic mass is 9.99. The van der Waals surface area contributed by atoms with Crippen LogP contribution < -0.4 is 5.32 Å². The molecular weight excluding hydrogens is 232 g/mol. The van der Waals surface area contributed by atoms with E-state index in [1.54, 1.807) is 0 Å². The van der Waals surface area contributed by atoms with E-state index < -0.39 is 0 Å². The minimum absolute atomic E-state index is 0.571. The molecule has 0 radical (unpaired) electrons. The molecule has 0 aromatic heterocycles. The van der Waals surface area contributed by atoms with Crippen molar-refractivity contribution in [2.45, 2.75) is 46.6 Å². The number of hydrogen-bond donors (Lipinski definition) is 1. The fourth-order valence-corrected chi connectivity index (χ4v) is 2.70.